The highest BCUT2D eigenvalue weighted by Crippen LogP contribution is 2.17. The number of aromatic hydroxyl groups is 1. The van der Waals surface area contributed by atoms with Crippen LogP contribution in [0, 0.1) is 11.8 Å². The van der Waals surface area contributed by atoms with Gasteiger partial charge >= 0.3 is 12.0 Å². The maximum absolute atomic E-state index is 14.5. The van der Waals surface area contributed by atoms with Gasteiger partial charge in [0, 0.05) is 13.6 Å². The lowest BCUT2D eigenvalue weighted by molar-refractivity contribution is -0.143. The minimum Gasteiger partial charge on any atom is -0.508 e. The van der Waals surface area contributed by atoms with Crippen molar-refractivity contribution in [3.8, 4) is 5.75 Å². The van der Waals surface area contributed by atoms with Gasteiger partial charge in [-0.3, -0.25) is 24.0 Å². The summed E-state index contributed by atoms with van der Waals surface area (Å²) >= 11 is 0. The number of amides is 7. The summed E-state index contributed by atoms with van der Waals surface area (Å²) < 4.78 is 0. The summed E-state index contributed by atoms with van der Waals surface area (Å²) in [5.74, 6) is -5.53. The van der Waals surface area contributed by atoms with Crippen LogP contribution in [0.4, 0.5) is 4.79 Å². The molecule has 324 valence electrons. The summed E-state index contributed by atoms with van der Waals surface area (Å²) in [5, 5.41) is 45.4. The second-order valence-electron chi connectivity index (χ2n) is 15.4. The smallest absolute Gasteiger partial charge is 0.326 e. The SMILES string of the molecule is CC[C@H](C)[C@@H](NC(=O)N[C@@H]1CCCCNC(=O)[C@H](CO)NC(=O)[C@H](CCc2ccc(O)cc2)N(C)C(=O)[C@@H](CCc2ccccc2)NC(=O)[C@H](C(C)C)NC1=O)C(=O)O. The van der Waals surface area contributed by atoms with Gasteiger partial charge in [0.15, 0.2) is 0 Å². The van der Waals surface area contributed by atoms with E-state index in [4.69, 9.17) is 0 Å². The third-order valence-corrected chi connectivity index (χ3v) is 10.6. The molecular weight excluding hydrogens is 763 g/mol. The van der Waals surface area contributed by atoms with Crippen LogP contribution in [-0.4, -0.2) is 118 Å². The number of carbonyl (C=O) groups is 7. The van der Waals surface area contributed by atoms with Crippen LogP contribution in [0.15, 0.2) is 54.6 Å². The number of rotatable bonds is 13. The highest BCUT2D eigenvalue weighted by Gasteiger charge is 2.36. The zero-order chi connectivity index (χ0) is 43.6. The molecule has 9 N–H and O–H groups in total. The Bertz CT molecular complexity index is 1730. The first-order valence-electron chi connectivity index (χ1n) is 20.2. The van der Waals surface area contributed by atoms with Crippen molar-refractivity contribution in [2.24, 2.45) is 11.8 Å². The monoisotopic (exact) mass is 823 g/mol. The molecule has 7 atom stereocenters. The van der Waals surface area contributed by atoms with E-state index in [-0.39, 0.29) is 44.4 Å². The van der Waals surface area contributed by atoms with Crippen molar-refractivity contribution in [2.45, 2.75) is 115 Å². The number of carboxylic acids is 1. The molecule has 0 saturated carbocycles. The number of carbonyl (C=O) groups excluding carboxylic acids is 6. The molecule has 2 aromatic rings. The Morgan fingerprint density at radius 2 is 1.44 bits per heavy atom. The molecule has 0 bridgehead atoms. The molecule has 2 aromatic carbocycles. The van der Waals surface area contributed by atoms with Gasteiger partial charge in [-0.15, -0.1) is 0 Å². The number of phenols is 1. The van der Waals surface area contributed by atoms with E-state index in [2.05, 4.69) is 31.9 Å². The van der Waals surface area contributed by atoms with Crippen LogP contribution in [0.1, 0.15) is 77.3 Å². The summed E-state index contributed by atoms with van der Waals surface area (Å²) in [6, 6.07) is 7.35. The molecule has 3 rings (SSSR count). The number of benzene rings is 2. The second kappa shape index (κ2) is 23.6. The molecule has 0 radical (unpaired) electrons. The number of nitrogens with zero attached hydrogens (tertiary/aromatic N) is 1. The number of urea groups is 1. The lowest BCUT2D eigenvalue weighted by Crippen LogP contribution is -2.61. The van der Waals surface area contributed by atoms with Crippen LogP contribution >= 0.6 is 0 Å². The number of likely N-dealkylation sites (N-methyl/N-ethyl adjacent to an activating group) is 1. The Morgan fingerprint density at radius 1 is 0.814 bits per heavy atom. The quantitative estimate of drug-likeness (QED) is 0.140. The van der Waals surface area contributed by atoms with E-state index in [9.17, 15) is 48.9 Å². The highest BCUT2D eigenvalue weighted by atomic mass is 16.4. The molecule has 1 aliphatic heterocycles. The number of carboxylic acid groups (broad SMARTS) is 1. The number of nitrogens with one attached hydrogen (secondary N) is 6. The number of phenolic OH excluding ortho intramolecular Hbond substituents is 1. The molecule has 1 fully saturated rings. The fourth-order valence-electron chi connectivity index (χ4n) is 6.69. The minimum atomic E-state index is -1.37. The molecule has 0 aliphatic carbocycles. The lowest BCUT2D eigenvalue weighted by atomic mass is 9.98. The normalized spacial score (nSPS) is 22.7. The summed E-state index contributed by atoms with van der Waals surface area (Å²) in [6.45, 7) is 6.19. The summed E-state index contributed by atoms with van der Waals surface area (Å²) in [6.07, 6.45) is 1.91. The topological polar surface area (TPSA) is 256 Å². The van der Waals surface area contributed by atoms with E-state index in [0.717, 1.165) is 11.1 Å². The number of aliphatic hydroxyl groups is 1. The number of hydrogen-bond acceptors (Lipinski definition) is 9. The molecule has 1 saturated heterocycles. The zero-order valence-corrected chi connectivity index (χ0v) is 34.5. The third kappa shape index (κ3) is 14.9. The van der Waals surface area contributed by atoms with Gasteiger partial charge in [-0.2, -0.15) is 0 Å². The van der Waals surface area contributed by atoms with Crippen molar-refractivity contribution in [2.75, 3.05) is 20.2 Å². The zero-order valence-electron chi connectivity index (χ0n) is 34.5. The predicted octanol–water partition coefficient (Wildman–Crippen LogP) is 1.35. The standard InChI is InChI=1S/C42H61N7O10/c1-6-26(4)35(41(57)58)48-42(59)46-30-14-10-11-23-43-36(52)32(24-50)45-38(54)33(22-18-28-15-19-29(51)20-16-28)49(5)40(56)31(21-17-27-12-8-7-9-13-27)44-39(55)34(25(2)3)47-37(30)53/h7-9,12-13,15-16,19-20,25-26,30-35,50-51H,6,10-11,14,17-18,21-24H2,1-5H3,(H,43,52)(H,44,55)(H,45,54)(H,47,53)(H,57,58)(H2,46,48,59)/t26-,30+,31+,32-,33-,34-,35+/m0/s1. The van der Waals surface area contributed by atoms with Crippen LogP contribution in [0.3, 0.4) is 0 Å². The first kappa shape index (κ1) is 47.7. The fourth-order valence-corrected chi connectivity index (χ4v) is 6.69. The van der Waals surface area contributed by atoms with Crippen LogP contribution < -0.4 is 31.9 Å². The summed E-state index contributed by atoms with van der Waals surface area (Å²) in [4.78, 5) is 95.9. The van der Waals surface area contributed by atoms with E-state index >= 15 is 0 Å². The molecule has 59 heavy (non-hydrogen) atoms. The fraction of sp³-hybridized carbons (Fsp3) is 0.548. The molecular formula is C42H61N7O10. The Morgan fingerprint density at radius 3 is 2.05 bits per heavy atom. The molecule has 7 amide bonds. The number of aliphatic hydroxyl groups excluding tert-OH is 1. The second-order valence-corrected chi connectivity index (χ2v) is 15.4. The third-order valence-electron chi connectivity index (χ3n) is 10.6. The Labute approximate surface area is 345 Å². The van der Waals surface area contributed by atoms with Gasteiger partial charge in [0.05, 0.1) is 6.61 Å². The van der Waals surface area contributed by atoms with E-state index in [1.165, 1.54) is 24.1 Å². The molecule has 1 heterocycles. The van der Waals surface area contributed by atoms with Gasteiger partial charge in [0.25, 0.3) is 0 Å². The van der Waals surface area contributed by atoms with E-state index in [0.29, 0.717) is 19.3 Å². The highest BCUT2D eigenvalue weighted by molar-refractivity contribution is 5.96. The molecule has 0 spiro atoms. The molecule has 0 aromatic heterocycles. The maximum Gasteiger partial charge on any atom is 0.326 e. The van der Waals surface area contributed by atoms with Crippen LogP contribution in [0.5, 0.6) is 5.75 Å². The predicted molar refractivity (Wildman–Crippen MR) is 219 cm³/mol. The average Bonchev–Trinajstić information content (AvgIpc) is 3.21. The number of aliphatic carboxylic acids is 1. The van der Waals surface area contributed by atoms with Crippen molar-refractivity contribution in [3.05, 3.63) is 65.7 Å². The van der Waals surface area contributed by atoms with Crippen molar-refractivity contribution in [1.29, 1.82) is 0 Å². The Hall–Kier alpha value is -5.71. The molecule has 17 heteroatoms. The lowest BCUT2D eigenvalue weighted by Gasteiger charge is -2.33. The van der Waals surface area contributed by atoms with Crippen LogP contribution in [-0.2, 0) is 41.6 Å². The van der Waals surface area contributed by atoms with Crippen molar-refractivity contribution >= 4 is 41.5 Å². The van der Waals surface area contributed by atoms with Crippen molar-refractivity contribution in [1.82, 2.24) is 36.8 Å². The van der Waals surface area contributed by atoms with Gasteiger partial charge < -0.3 is 52.1 Å². The van der Waals surface area contributed by atoms with E-state index < -0.39 is 96.2 Å². The maximum atomic E-state index is 14.5. The molecule has 1 aliphatic rings. The van der Waals surface area contributed by atoms with Gasteiger partial charge in [-0.05, 0) is 80.0 Å². The number of aryl methyl sites for hydroxylation is 2. The van der Waals surface area contributed by atoms with Gasteiger partial charge in [0.2, 0.25) is 29.5 Å². The minimum absolute atomic E-state index is 0.0362. The van der Waals surface area contributed by atoms with Gasteiger partial charge in [-0.1, -0.05) is 76.6 Å². The summed E-state index contributed by atoms with van der Waals surface area (Å²) in [5.41, 5.74) is 1.64. The Balaban J connectivity index is 2.01. The van der Waals surface area contributed by atoms with Crippen LogP contribution in [0.25, 0.3) is 0 Å². The van der Waals surface area contributed by atoms with Crippen molar-refractivity contribution < 1.29 is 48.9 Å². The first-order chi connectivity index (χ1) is 28.1. The molecule has 0 unspecified atom stereocenters. The largest absolute Gasteiger partial charge is 0.508 e. The van der Waals surface area contributed by atoms with Crippen LogP contribution in [0.2, 0.25) is 0 Å². The van der Waals surface area contributed by atoms with E-state index in [1.54, 1.807) is 39.8 Å². The van der Waals surface area contributed by atoms with Crippen molar-refractivity contribution in [3.63, 3.8) is 0 Å². The van der Waals surface area contributed by atoms with Gasteiger partial charge in [-0.25, -0.2) is 9.59 Å². The summed E-state index contributed by atoms with van der Waals surface area (Å²) in [7, 11) is 1.42. The number of hydrogen-bond donors (Lipinski definition) is 9. The first-order valence-corrected chi connectivity index (χ1v) is 20.2. The van der Waals surface area contributed by atoms with Gasteiger partial charge in [0.1, 0.15) is 42.0 Å². The molecule has 17 nitrogen and oxygen atoms in total. The van der Waals surface area contributed by atoms with E-state index in [1.807, 2.05) is 30.3 Å². The average molecular weight is 824 g/mol. The Kier molecular flexibility index (Phi) is 19.1.